The van der Waals surface area contributed by atoms with Crippen LogP contribution in [0.25, 0.3) is 0 Å². The third-order valence-corrected chi connectivity index (χ3v) is 4.63. The number of anilines is 1. The van der Waals surface area contributed by atoms with E-state index in [4.69, 9.17) is 0 Å². The van der Waals surface area contributed by atoms with Crippen molar-refractivity contribution in [3.05, 3.63) is 51.5 Å². The van der Waals surface area contributed by atoms with Crippen LogP contribution in [0.3, 0.4) is 0 Å². The first-order valence-corrected chi connectivity index (χ1v) is 8.67. The Balaban J connectivity index is 2.24. The number of hydrogen-bond acceptors (Lipinski definition) is 1. The molecule has 118 valence electrons. The van der Waals surface area contributed by atoms with Crippen molar-refractivity contribution < 1.29 is 4.58 Å². The van der Waals surface area contributed by atoms with Gasteiger partial charge in [-0.3, -0.25) is 4.58 Å². The number of aryl methyl sites for hydroxylation is 2. The van der Waals surface area contributed by atoms with E-state index < -0.39 is 0 Å². The average Bonchev–Trinajstić information content (AvgIpc) is 2.87. The van der Waals surface area contributed by atoms with Crippen LogP contribution in [0.15, 0.2) is 40.4 Å². The van der Waals surface area contributed by atoms with Crippen LogP contribution in [0.2, 0.25) is 0 Å². The van der Waals surface area contributed by atoms with Gasteiger partial charge in [0.1, 0.15) is 24.8 Å². The van der Waals surface area contributed by atoms with Gasteiger partial charge in [-0.25, -0.2) is 4.90 Å². The second kappa shape index (κ2) is 7.28. The zero-order valence-corrected chi connectivity index (χ0v) is 15.8. The lowest BCUT2D eigenvalue weighted by Crippen LogP contribution is -2.21. The molecular weight excluding hydrogens is 336 g/mol. The van der Waals surface area contributed by atoms with Crippen molar-refractivity contribution in [1.29, 1.82) is 0 Å². The van der Waals surface area contributed by atoms with E-state index in [-0.39, 0.29) is 0 Å². The molecule has 2 nitrogen and oxygen atoms in total. The zero-order chi connectivity index (χ0) is 16.3. The van der Waals surface area contributed by atoms with Crippen LogP contribution in [0.4, 0.5) is 5.69 Å². The zero-order valence-electron chi connectivity index (χ0n) is 14.2. The normalized spacial score (nSPS) is 17.3. The number of rotatable bonds is 4. The van der Waals surface area contributed by atoms with Crippen molar-refractivity contribution >= 4 is 28.0 Å². The van der Waals surface area contributed by atoms with E-state index in [2.05, 4.69) is 96.7 Å². The van der Waals surface area contributed by atoms with Gasteiger partial charge in [-0.05, 0) is 73.8 Å². The molecule has 1 aromatic rings. The Morgan fingerprint density at radius 1 is 1.36 bits per heavy atom. The van der Waals surface area contributed by atoms with Gasteiger partial charge in [0.25, 0.3) is 0 Å². The summed E-state index contributed by atoms with van der Waals surface area (Å²) in [6.07, 6.45) is 8.82. The molecule has 3 heteroatoms. The fourth-order valence-electron chi connectivity index (χ4n) is 3.06. The lowest BCUT2D eigenvalue weighted by atomic mass is 10.1. The van der Waals surface area contributed by atoms with E-state index >= 15 is 0 Å². The van der Waals surface area contributed by atoms with Crippen LogP contribution in [0, 0.1) is 13.8 Å². The molecule has 22 heavy (non-hydrogen) atoms. The Morgan fingerprint density at radius 3 is 2.73 bits per heavy atom. The first-order valence-electron chi connectivity index (χ1n) is 7.87. The fraction of sp³-hybridized carbons (Fsp3) is 0.421. The molecule has 1 heterocycles. The van der Waals surface area contributed by atoms with E-state index in [0.717, 1.165) is 13.1 Å². The van der Waals surface area contributed by atoms with Crippen LogP contribution in [0.5, 0.6) is 0 Å². The number of allylic oxidation sites excluding steroid dienone is 3. The van der Waals surface area contributed by atoms with Gasteiger partial charge in [0.05, 0.1) is 4.47 Å². The molecular formula is C19H26BrN2+. The summed E-state index contributed by atoms with van der Waals surface area (Å²) < 4.78 is 3.58. The van der Waals surface area contributed by atoms with Gasteiger partial charge in [0, 0.05) is 0 Å². The molecule has 1 atom stereocenters. The van der Waals surface area contributed by atoms with Gasteiger partial charge in [0.2, 0.25) is 6.34 Å². The van der Waals surface area contributed by atoms with Crippen molar-refractivity contribution in [3.8, 4) is 0 Å². The highest BCUT2D eigenvalue weighted by Gasteiger charge is 2.26. The molecule has 0 fully saturated rings. The Bertz CT molecular complexity index is 618. The van der Waals surface area contributed by atoms with Gasteiger partial charge < -0.3 is 0 Å². The molecule has 1 aromatic carbocycles. The summed E-state index contributed by atoms with van der Waals surface area (Å²) in [5.41, 5.74) is 5.21. The summed E-state index contributed by atoms with van der Waals surface area (Å²) in [5.74, 6) is 0. The van der Waals surface area contributed by atoms with E-state index in [1.165, 1.54) is 26.9 Å². The van der Waals surface area contributed by atoms with Crippen LogP contribution >= 0.6 is 15.9 Å². The van der Waals surface area contributed by atoms with Crippen molar-refractivity contribution in [2.45, 2.75) is 40.7 Å². The molecule has 0 N–H and O–H groups in total. The van der Waals surface area contributed by atoms with Gasteiger partial charge in [-0.1, -0.05) is 23.8 Å². The Labute approximate surface area is 143 Å². The molecule has 0 aromatic heterocycles. The highest BCUT2D eigenvalue weighted by Crippen LogP contribution is 2.31. The third kappa shape index (κ3) is 3.89. The van der Waals surface area contributed by atoms with Crippen LogP contribution in [0.1, 0.15) is 31.9 Å². The number of nitrogens with zero attached hydrogens (tertiary/aromatic N) is 2. The molecule has 0 amide bonds. The summed E-state index contributed by atoms with van der Waals surface area (Å²) in [6.45, 7) is 12.9. The van der Waals surface area contributed by atoms with Gasteiger partial charge in [0.15, 0.2) is 0 Å². The predicted octanol–water partition coefficient (Wildman–Crippen LogP) is 4.84. The standard InChI is InChI=1S/C19H26BrN2/c1-6-7-14(2)11-17(5)21-8-9-22(13-21)19-16(4)10-15(3)12-18(19)20/h6-7,10-13,17H,8-9H2,1-5H3/q+1/b7-6+,14-11-. The second-order valence-electron chi connectivity index (χ2n) is 6.11. The van der Waals surface area contributed by atoms with E-state index in [9.17, 15) is 0 Å². The van der Waals surface area contributed by atoms with Gasteiger partial charge >= 0.3 is 0 Å². The van der Waals surface area contributed by atoms with Crippen LogP contribution in [-0.2, 0) is 0 Å². The van der Waals surface area contributed by atoms with Gasteiger partial charge in [-0.15, -0.1) is 0 Å². The summed E-state index contributed by atoms with van der Waals surface area (Å²) >= 11 is 3.72. The van der Waals surface area contributed by atoms with E-state index in [0.29, 0.717) is 6.04 Å². The topological polar surface area (TPSA) is 6.25 Å². The van der Waals surface area contributed by atoms with Crippen LogP contribution in [-0.4, -0.2) is 30.0 Å². The lowest BCUT2D eigenvalue weighted by molar-refractivity contribution is -0.537. The Morgan fingerprint density at radius 2 is 2.09 bits per heavy atom. The third-order valence-electron chi connectivity index (χ3n) is 4.03. The minimum atomic E-state index is 0.408. The molecule has 0 aliphatic carbocycles. The molecule has 0 saturated carbocycles. The highest BCUT2D eigenvalue weighted by molar-refractivity contribution is 9.10. The Kier molecular flexibility index (Phi) is 5.63. The highest BCUT2D eigenvalue weighted by atomic mass is 79.9. The molecule has 0 saturated heterocycles. The number of benzene rings is 1. The maximum atomic E-state index is 3.72. The van der Waals surface area contributed by atoms with Crippen molar-refractivity contribution in [2.75, 3.05) is 18.0 Å². The van der Waals surface area contributed by atoms with Crippen molar-refractivity contribution in [1.82, 2.24) is 0 Å². The summed E-state index contributed by atoms with van der Waals surface area (Å²) in [6, 6.07) is 4.85. The van der Waals surface area contributed by atoms with Crippen molar-refractivity contribution in [3.63, 3.8) is 0 Å². The molecule has 1 aliphatic heterocycles. The molecule has 0 spiro atoms. The first kappa shape index (κ1) is 17.0. The van der Waals surface area contributed by atoms with E-state index in [1.54, 1.807) is 0 Å². The maximum Gasteiger partial charge on any atom is 0.240 e. The molecule has 1 aliphatic rings. The second-order valence-corrected chi connectivity index (χ2v) is 6.96. The molecule has 0 bridgehead atoms. The lowest BCUT2D eigenvalue weighted by Gasteiger charge is -2.12. The minimum Gasteiger partial charge on any atom is -0.258 e. The van der Waals surface area contributed by atoms with Crippen molar-refractivity contribution in [2.24, 2.45) is 0 Å². The largest absolute Gasteiger partial charge is 0.258 e. The SMILES string of the molecule is C/C=C/C(C)=C\C(C)[N+]1=CN(c2c(C)cc(C)cc2Br)CC1. The van der Waals surface area contributed by atoms with Gasteiger partial charge in [-0.2, -0.15) is 0 Å². The summed E-state index contributed by atoms with van der Waals surface area (Å²) in [4.78, 5) is 2.36. The summed E-state index contributed by atoms with van der Waals surface area (Å²) in [5, 5.41) is 0. The quantitative estimate of drug-likeness (QED) is 0.549. The first-order chi connectivity index (χ1) is 10.4. The maximum absolute atomic E-state index is 3.72. The monoisotopic (exact) mass is 361 g/mol. The molecule has 0 radical (unpaired) electrons. The predicted molar refractivity (Wildman–Crippen MR) is 100 cm³/mol. The van der Waals surface area contributed by atoms with Crippen LogP contribution < -0.4 is 4.90 Å². The smallest absolute Gasteiger partial charge is 0.240 e. The average molecular weight is 362 g/mol. The Hall–Kier alpha value is -1.35. The van der Waals surface area contributed by atoms with E-state index in [1.807, 2.05) is 0 Å². The molecule has 1 unspecified atom stereocenters. The molecule has 2 rings (SSSR count). The number of hydrogen-bond donors (Lipinski definition) is 0. The minimum absolute atomic E-state index is 0.408. The summed E-state index contributed by atoms with van der Waals surface area (Å²) in [7, 11) is 0. The number of halogens is 1. The fourth-order valence-corrected chi connectivity index (χ4v) is 3.96.